The first-order valence-corrected chi connectivity index (χ1v) is 7.15. The van der Waals surface area contributed by atoms with E-state index in [1.165, 1.54) is 0 Å². The Morgan fingerprint density at radius 2 is 2.05 bits per heavy atom. The summed E-state index contributed by atoms with van der Waals surface area (Å²) in [6.45, 7) is 4.21. The molecule has 0 bridgehead atoms. The van der Waals surface area contributed by atoms with Crippen LogP contribution in [0.2, 0.25) is 0 Å². The zero-order valence-corrected chi connectivity index (χ0v) is 11.5. The molecule has 2 N–H and O–H groups in total. The minimum Gasteiger partial charge on any atom is -0.490 e. The van der Waals surface area contributed by atoms with Crippen molar-refractivity contribution >= 4 is 10.8 Å². The van der Waals surface area contributed by atoms with E-state index in [0.29, 0.717) is 11.5 Å². The maximum Gasteiger partial charge on any atom is 0.256 e. The highest BCUT2D eigenvalue weighted by atomic mass is 16.5. The fourth-order valence-corrected chi connectivity index (χ4v) is 3.49. The normalized spacial score (nSPS) is 20.6. The van der Waals surface area contributed by atoms with Crippen LogP contribution in [0.4, 0.5) is 0 Å². The predicted molar refractivity (Wildman–Crippen MR) is 78.3 cm³/mol. The van der Waals surface area contributed by atoms with Crippen molar-refractivity contribution in [2.45, 2.75) is 25.9 Å². The Bertz CT molecular complexity index is 723. The molecule has 104 valence electrons. The van der Waals surface area contributed by atoms with Crippen LogP contribution < -0.4 is 15.6 Å². The SMILES string of the molecule is Cc1ccc(OC2CC3(CNC3)C2)c2cc[nH]c(=O)c12. The summed E-state index contributed by atoms with van der Waals surface area (Å²) < 4.78 is 6.12. The molecule has 0 radical (unpaired) electrons. The van der Waals surface area contributed by atoms with Crippen LogP contribution in [0.25, 0.3) is 10.8 Å². The minimum atomic E-state index is -0.0428. The van der Waals surface area contributed by atoms with E-state index in [1.807, 2.05) is 25.1 Å². The van der Waals surface area contributed by atoms with Crippen molar-refractivity contribution in [3.8, 4) is 5.75 Å². The molecule has 20 heavy (non-hydrogen) atoms. The fraction of sp³-hybridized carbons (Fsp3) is 0.438. The zero-order chi connectivity index (χ0) is 13.7. The molecule has 0 amide bonds. The average molecular weight is 270 g/mol. The largest absolute Gasteiger partial charge is 0.490 e. The summed E-state index contributed by atoms with van der Waals surface area (Å²) in [5.41, 5.74) is 1.45. The molecule has 4 rings (SSSR count). The number of H-pyrrole nitrogens is 1. The zero-order valence-electron chi connectivity index (χ0n) is 11.5. The highest BCUT2D eigenvalue weighted by Crippen LogP contribution is 2.46. The molecule has 1 saturated carbocycles. The van der Waals surface area contributed by atoms with E-state index in [-0.39, 0.29) is 5.56 Å². The van der Waals surface area contributed by atoms with Crippen molar-refractivity contribution < 1.29 is 4.74 Å². The Kier molecular flexibility index (Phi) is 2.45. The Labute approximate surface area is 117 Å². The monoisotopic (exact) mass is 270 g/mol. The molecule has 2 heterocycles. The van der Waals surface area contributed by atoms with E-state index < -0.39 is 0 Å². The molecule has 2 fully saturated rings. The Hall–Kier alpha value is -1.81. The number of rotatable bonds is 2. The van der Waals surface area contributed by atoms with Gasteiger partial charge in [-0.15, -0.1) is 0 Å². The lowest BCUT2D eigenvalue weighted by Gasteiger charge is -2.53. The minimum absolute atomic E-state index is 0.0428. The average Bonchev–Trinajstić information content (AvgIpc) is 2.33. The number of hydrogen-bond acceptors (Lipinski definition) is 3. The number of hydrogen-bond donors (Lipinski definition) is 2. The van der Waals surface area contributed by atoms with Crippen molar-refractivity contribution in [3.63, 3.8) is 0 Å². The predicted octanol–water partition coefficient (Wildman–Crippen LogP) is 1.97. The third-order valence-corrected chi connectivity index (χ3v) is 4.72. The molecular weight excluding hydrogens is 252 g/mol. The molecule has 0 atom stereocenters. The van der Waals surface area contributed by atoms with Gasteiger partial charge in [0.1, 0.15) is 5.75 Å². The van der Waals surface area contributed by atoms with Crippen molar-refractivity contribution in [1.29, 1.82) is 0 Å². The van der Waals surface area contributed by atoms with Crippen molar-refractivity contribution in [1.82, 2.24) is 10.3 Å². The molecule has 1 spiro atoms. The number of aromatic amines is 1. The lowest BCUT2D eigenvalue weighted by Crippen LogP contribution is -2.62. The smallest absolute Gasteiger partial charge is 0.256 e. The van der Waals surface area contributed by atoms with Crippen molar-refractivity contribution in [2.75, 3.05) is 13.1 Å². The maximum absolute atomic E-state index is 12.0. The van der Waals surface area contributed by atoms with Gasteiger partial charge in [-0.2, -0.15) is 0 Å². The number of aryl methyl sites for hydroxylation is 1. The maximum atomic E-state index is 12.0. The molecule has 1 saturated heterocycles. The van der Waals surface area contributed by atoms with Crippen LogP contribution in [-0.4, -0.2) is 24.2 Å². The molecule has 1 aromatic heterocycles. The van der Waals surface area contributed by atoms with E-state index in [0.717, 1.165) is 48.0 Å². The van der Waals surface area contributed by atoms with Gasteiger partial charge in [0, 0.05) is 30.1 Å². The van der Waals surface area contributed by atoms with Crippen molar-refractivity contribution in [3.05, 3.63) is 40.3 Å². The highest BCUT2D eigenvalue weighted by Gasteiger charge is 2.49. The van der Waals surface area contributed by atoms with Gasteiger partial charge in [0.15, 0.2) is 0 Å². The van der Waals surface area contributed by atoms with E-state index >= 15 is 0 Å². The fourth-order valence-electron chi connectivity index (χ4n) is 3.49. The van der Waals surface area contributed by atoms with E-state index in [9.17, 15) is 4.79 Å². The van der Waals surface area contributed by atoms with Gasteiger partial charge < -0.3 is 15.0 Å². The second-order valence-electron chi connectivity index (χ2n) is 6.23. The molecule has 1 aliphatic carbocycles. The van der Waals surface area contributed by atoms with Crippen LogP contribution in [-0.2, 0) is 0 Å². The lowest BCUT2D eigenvalue weighted by atomic mass is 9.63. The second kappa shape index (κ2) is 4.09. The summed E-state index contributed by atoms with van der Waals surface area (Å²) >= 11 is 0. The van der Waals surface area contributed by atoms with Crippen LogP contribution in [0.3, 0.4) is 0 Å². The number of pyridine rings is 1. The van der Waals surface area contributed by atoms with Crippen LogP contribution >= 0.6 is 0 Å². The Morgan fingerprint density at radius 1 is 1.25 bits per heavy atom. The van der Waals surface area contributed by atoms with Gasteiger partial charge in [-0.3, -0.25) is 4.79 Å². The third-order valence-electron chi connectivity index (χ3n) is 4.72. The number of benzene rings is 1. The Morgan fingerprint density at radius 3 is 2.75 bits per heavy atom. The molecule has 2 aliphatic rings. The van der Waals surface area contributed by atoms with Gasteiger partial charge in [0.05, 0.1) is 11.5 Å². The second-order valence-corrected chi connectivity index (χ2v) is 6.23. The summed E-state index contributed by atoms with van der Waals surface area (Å²) in [6, 6.07) is 5.88. The summed E-state index contributed by atoms with van der Waals surface area (Å²) in [7, 11) is 0. The number of ether oxygens (including phenoxy) is 1. The summed E-state index contributed by atoms with van der Waals surface area (Å²) in [5.74, 6) is 0.837. The van der Waals surface area contributed by atoms with Gasteiger partial charge in [-0.05, 0) is 37.5 Å². The van der Waals surface area contributed by atoms with Gasteiger partial charge in [0.2, 0.25) is 0 Å². The quantitative estimate of drug-likeness (QED) is 0.877. The molecule has 2 aromatic rings. The summed E-state index contributed by atoms with van der Waals surface area (Å²) in [4.78, 5) is 14.7. The molecule has 1 aliphatic heterocycles. The highest BCUT2D eigenvalue weighted by molar-refractivity contribution is 5.90. The van der Waals surface area contributed by atoms with Crippen molar-refractivity contribution in [2.24, 2.45) is 5.41 Å². The summed E-state index contributed by atoms with van der Waals surface area (Å²) in [6.07, 6.45) is 4.23. The van der Waals surface area contributed by atoms with Crippen LogP contribution in [0, 0.1) is 12.3 Å². The Balaban J connectivity index is 1.65. The van der Waals surface area contributed by atoms with E-state index in [2.05, 4.69) is 10.3 Å². The number of fused-ring (bicyclic) bond motifs is 1. The van der Waals surface area contributed by atoms with Gasteiger partial charge in [-0.1, -0.05) is 6.07 Å². The molecular formula is C16H18N2O2. The first-order valence-electron chi connectivity index (χ1n) is 7.15. The number of aromatic nitrogens is 1. The van der Waals surface area contributed by atoms with E-state index in [4.69, 9.17) is 4.74 Å². The van der Waals surface area contributed by atoms with Gasteiger partial charge >= 0.3 is 0 Å². The first-order chi connectivity index (χ1) is 9.67. The van der Waals surface area contributed by atoms with Gasteiger partial charge in [0.25, 0.3) is 5.56 Å². The standard InChI is InChI=1S/C16H18N2O2/c1-10-2-3-13(12-4-5-18-15(19)14(10)12)20-11-6-16(7-11)8-17-9-16/h2-5,11,17H,6-9H2,1H3,(H,18,19). The molecule has 4 heteroatoms. The summed E-state index contributed by atoms with van der Waals surface area (Å²) in [5, 5.41) is 4.99. The molecule has 0 unspecified atom stereocenters. The molecule has 1 aromatic carbocycles. The third kappa shape index (κ3) is 1.68. The van der Waals surface area contributed by atoms with Crippen LogP contribution in [0.15, 0.2) is 29.2 Å². The van der Waals surface area contributed by atoms with Crippen LogP contribution in [0.1, 0.15) is 18.4 Å². The number of nitrogens with one attached hydrogen (secondary N) is 2. The van der Waals surface area contributed by atoms with Gasteiger partial charge in [-0.25, -0.2) is 0 Å². The van der Waals surface area contributed by atoms with E-state index in [1.54, 1.807) is 6.20 Å². The lowest BCUT2D eigenvalue weighted by molar-refractivity contribution is -0.0489. The topological polar surface area (TPSA) is 54.1 Å². The first kappa shape index (κ1) is 12.0. The van der Waals surface area contributed by atoms with Crippen LogP contribution in [0.5, 0.6) is 5.75 Å². The molecule has 4 nitrogen and oxygen atoms in total.